The van der Waals surface area contributed by atoms with Crippen molar-refractivity contribution in [3.63, 3.8) is 0 Å². The van der Waals surface area contributed by atoms with Gasteiger partial charge in [-0.2, -0.15) is 0 Å². The normalized spacial score (nSPS) is 21.9. The summed E-state index contributed by atoms with van der Waals surface area (Å²) in [6, 6.07) is 0. The van der Waals surface area contributed by atoms with E-state index in [2.05, 4.69) is 68.3 Å². The van der Waals surface area contributed by atoms with Crippen LogP contribution in [0.1, 0.15) is 62.0 Å². The third kappa shape index (κ3) is 2.47. The van der Waals surface area contributed by atoms with Crippen LogP contribution in [0.25, 0.3) is 12.2 Å². The van der Waals surface area contributed by atoms with Gasteiger partial charge in [-0.3, -0.25) is 0 Å². The van der Waals surface area contributed by atoms with Crippen LogP contribution < -0.4 is 0 Å². The van der Waals surface area contributed by atoms with Crippen LogP contribution in [0.2, 0.25) is 0 Å². The quantitative estimate of drug-likeness (QED) is 0.659. The largest absolute Gasteiger partial charge is 0.361 e. The molecule has 0 amide bonds. The van der Waals surface area contributed by atoms with Crippen LogP contribution in [0.4, 0.5) is 0 Å². The van der Waals surface area contributed by atoms with Crippen LogP contribution in [0.15, 0.2) is 47.1 Å². The summed E-state index contributed by atoms with van der Waals surface area (Å²) < 4.78 is 0. The van der Waals surface area contributed by atoms with Crippen molar-refractivity contribution in [3.8, 4) is 0 Å². The molecule has 0 unspecified atom stereocenters. The van der Waals surface area contributed by atoms with E-state index in [1.165, 1.54) is 40.9 Å². The number of H-pyrrole nitrogens is 1. The Morgan fingerprint density at radius 1 is 1.04 bits per heavy atom. The van der Waals surface area contributed by atoms with Crippen LogP contribution in [0, 0.1) is 12.3 Å². The highest BCUT2D eigenvalue weighted by molar-refractivity contribution is 5.72. The van der Waals surface area contributed by atoms with E-state index in [9.17, 15) is 0 Å². The van der Waals surface area contributed by atoms with E-state index in [1.54, 1.807) is 11.1 Å². The molecule has 0 saturated carbocycles. The molecule has 0 bridgehead atoms. The number of hydrogen-bond acceptors (Lipinski definition) is 0. The number of rotatable bonds is 2. The molecule has 1 heterocycles. The minimum absolute atomic E-state index is 0.112. The fraction of sp³-hybridized carbons (Fsp3) is 0.391. The third-order valence-corrected chi connectivity index (χ3v) is 5.87. The minimum atomic E-state index is 0.112. The van der Waals surface area contributed by atoms with Crippen LogP contribution in [-0.4, -0.2) is 4.98 Å². The number of aryl methyl sites for hydroxylation is 2. The van der Waals surface area contributed by atoms with E-state index in [-0.39, 0.29) is 5.41 Å². The van der Waals surface area contributed by atoms with Crippen molar-refractivity contribution in [2.75, 3.05) is 0 Å². The first-order chi connectivity index (χ1) is 11.6. The van der Waals surface area contributed by atoms with Gasteiger partial charge in [-0.05, 0) is 50.2 Å². The molecule has 0 atom stereocenters. The van der Waals surface area contributed by atoms with Crippen LogP contribution in [-0.2, 0) is 6.42 Å². The fourth-order valence-electron chi connectivity index (χ4n) is 4.42. The summed E-state index contributed by atoms with van der Waals surface area (Å²) in [6.07, 6.45) is 22.2. The summed E-state index contributed by atoms with van der Waals surface area (Å²) in [4.78, 5) is 3.58. The van der Waals surface area contributed by atoms with Crippen molar-refractivity contribution >= 4 is 12.2 Å². The second-order valence-corrected chi connectivity index (χ2v) is 7.78. The third-order valence-electron chi connectivity index (χ3n) is 5.87. The summed E-state index contributed by atoms with van der Waals surface area (Å²) in [5, 5.41) is 0. The first-order valence-electron chi connectivity index (χ1n) is 9.23. The summed E-state index contributed by atoms with van der Waals surface area (Å²) in [6.45, 7) is 6.93. The molecule has 0 saturated heterocycles. The predicted octanol–water partition coefficient (Wildman–Crippen LogP) is 6.30. The van der Waals surface area contributed by atoms with Gasteiger partial charge >= 0.3 is 0 Å². The lowest BCUT2D eigenvalue weighted by atomic mass is 9.69. The summed E-state index contributed by atoms with van der Waals surface area (Å²) >= 11 is 0. The monoisotopic (exact) mass is 317 g/mol. The Balaban J connectivity index is 1.66. The molecule has 0 fully saturated rings. The Labute approximate surface area is 145 Å². The zero-order chi connectivity index (χ0) is 16.7. The predicted molar refractivity (Wildman–Crippen MR) is 104 cm³/mol. The maximum atomic E-state index is 3.58. The van der Waals surface area contributed by atoms with Crippen LogP contribution >= 0.6 is 0 Å². The molecule has 3 aliphatic rings. The highest BCUT2D eigenvalue weighted by Crippen LogP contribution is 2.45. The molecule has 1 heteroatoms. The average molecular weight is 317 g/mol. The smallest absolute Gasteiger partial charge is 0.0231 e. The standard InChI is InChI=1S/C23H27N/c1-16-19(20-9-5-7-11-22(20)24-16)15-14-18-13-12-17-8-4-6-10-21(17)23(18,2)3/h5-6,9-10,13-15,24H,4,7-8,11-12H2,1-3H3/b15-14+. The lowest BCUT2D eigenvalue weighted by molar-refractivity contribution is 0.537. The van der Waals surface area contributed by atoms with E-state index in [4.69, 9.17) is 0 Å². The Hall–Kier alpha value is -2.02. The SMILES string of the molecule is Cc1[nH]c2c(c1/C=C/C1=CCC3=C(C=CCC3)C1(C)C)C=CCC2. The lowest BCUT2D eigenvalue weighted by Crippen LogP contribution is -2.22. The van der Waals surface area contributed by atoms with E-state index >= 15 is 0 Å². The number of aromatic amines is 1. The maximum Gasteiger partial charge on any atom is 0.0231 e. The van der Waals surface area contributed by atoms with Crippen LogP contribution in [0.3, 0.4) is 0 Å². The Morgan fingerprint density at radius 2 is 1.83 bits per heavy atom. The van der Waals surface area contributed by atoms with Crippen molar-refractivity contribution < 1.29 is 0 Å². The Morgan fingerprint density at radius 3 is 2.71 bits per heavy atom. The summed E-state index contributed by atoms with van der Waals surface area (Å²) in [7, 11) is 0. The minimum Gasteiger partial charge on any atom is -0.361 e. The highest BCUT2D eigenvalue weighted by atomic mass is 14.7. The van der Waals surface area contributed by atoms with Gasteiger partial charge in [0.25, 0.3) is 0 Å². The molecular weight excluding hydrogens is 290 g/mol. The molecule has 124 valence electrons. The molecule has 3 aliphatic carbocycles. The molecule has 0 aromatic carbocycles. The van der Waals surface area contributed by atoms with Gasteiger partial charge in [0.1, 0.15) is 0 Å². The molecule has 1 aromatic heterocycles. The number of nitrogens with one attached hydrogen (secondary N) is 1. The number of hydrogen-bond donors (Lipinski definition) is 1. The first-order valence-corrected chi connectivity index (χ1v) is 9.23. The first kappa shape index (κ1) is 15.5. The molecule has 1 nitrogen and oxygen atoms in total. The molecule has 1 aromatic rings. The Kier molecular flexibility index (Phi) is 3.75. The average Bonchev–Trinajstić information content (AvgIpc) is 2.90. The number of fused-ring (bicyclic) bond motifs is 1. The van der Waals surface area contributed by atoms with Crippen LogP contribution in [0.5, 0.6) is 0 Å². The van der Waals surface area contributed by atoms with Gasteiger partial charge < -0.3 is 4.98 Å². The van der Waals surface area contributed by atoms with Gasteiger partial charge in [-0.1, -0.05) is 62.0 Å². The van der Waals surface area contributed by atoms with Crippen molar-refractivity contribution in [1.29, 1.82) is 0 Å². The van der Waals surface area contributed by atoms with Crippen molar-refractivity contribution in [3.05, 3.63) is 69.6 Å². The van der Waals surface area contributed by atoms with Gasteiger partial charge in [-0.25, -0.2) is 0 Å². The topological polar surface area (TPSA) is 15.8 Å². The second kappa shape index (κ2) is 5.81. The summed E-state index contributed by atoms with van der Waals surface area (Å²) in [5.41, 5.74) is 10.2. The van der Waals surface area contributed by atoms with Gasteiger partial charge in [0.2, 0.25) is 0 Å². The molecule has 0 aliphatic heterocycles. The fourth-order valence-corrected chi connectivity index (χ4v) is 4.42. The molecular formula is C23H27N. The molecule has 0 radical (unpaired) electrons. The second-order valence-electron chi connectivity index (χ2n) is 7.78. The van der Waals surface area contributed by atoms with Gasteiger partial charge in [-0.15, -0.1) is 0 Å². The highest BCUT2D eigenvalue weighted by Gasteiger charge is 2.31. The van der Waals surface area contributed by atoms with Crippen molar-refractivity contribution in [1.82, 2.24) is 4.98 Å². The summed E-state index contributed by atoms with van der Waals surface area (Å²) in [5.74, 6) is 0. The van der Waals surface area contributed by atoms with E-state index in [1.807, 2.05) is 0 Å². The zero-order valence-electron chi connectivity index (χ0n) is 15.1. The van der Waals surface area contributed by atoms with Gasteiger partial charge in [0.15, 0.2) is 0 Å². The van der Waals surface area contributed by atoms with E-state index in [0.29, 0.717) is 0 Å². The maximum absolute atomic E-state index is 3.58. The molecule has 1 N–H and O–H groups in total. The zero-order valence-corrected chi connectivity index (χ0v) is 15.1. The molecule has 4 rings (SSSR count). The molecule has 0 spiro atoms. The van der Waals surface area contributed by atoms with Crippen molar-refractivity contribution in [2.45, 2.75) is 52.9 Å². The van der Waals surface area contributed by atoms with Gasteiger partial charge in [0, 0.05) is 27.9 Å². The van der Waals surface area contributed by atoms with E-state index in [0.717, 1.165) is 19.3 Å². The lowest BCUT2D eigenvalue weighted by Gasteiger charge is -2.35. The van der Waals surface area contributed by atoms with Crippen molar-refractivity contribution in [2.24, 2.45) is 5.41 Å². The number of allylic oxidation sites excluding steroid dienone is 8. The number of aromatic nitrogens is 1. The Bertz CT molecular complexity index is 818. The van der Waals surface area contributed by atoms with Gasteiger partial charge in [0.05, 0.1) is 0 Å². The molecule has 24 heavy (non-hydrogen) atoms. The van der Waals surface area contributed by atoms with E-state index < -0.39 is 0 Å².